The fourth-order valence-electron chi connectivity index (χ4n) is 2.11. The van der Waals surface area contributed by atoms with Gasteiger partial charge in [0.15, 0.2) is 0 Å². The molecule has 1 rings (SSSR count). The summed E-state index contributed by atoms with van der Waals surface area (Å²) in [7, 11) is 0. The molecule has 0 radical (unpaired) electrons. The standard InChI is InChI=1S/C13H26N2O/c1-4-10(2)7-13(16)15-9-12-8-14-6-5-11(12)3/h10-12,14H,4-9H2,1-3H3,(H,15,16). The van der Waals surface area contributed by atoms with Gasteiger partial charge < -0.3 is 10.6 Å². The van der Waals surface area contributed by atoms with Gasteiger partial charge >= 0.3 is 0 Å². The van der Waals surface area contributed by atoms with Gasteiger partial charge in [-0.2, -0.15) is 0 Å². The number of carbonyl (C=O) groups is 1. The van der Waals surface area contributed by atoms with Crippen molar-refractivity contribution in [3.05, 3.63) is 0 Å². The van der Waals surface area contributed by atoms with Gasteiger partial charge in [-0.05, 0) is 37.3 Å². The summed E-state index contributed by atoms with van der Waals surface area (Å²) in [5, 5.41) is 6.46. The molecule has 3 unspecified atom stereocenters. The fraction of sp³-hybridized carbons (Fsp3) is 0.923. The monoisotopic (exact) mass is 226 g/mol. The molecule has 16 heavy (non-hydrogen) atoms. The zero-order valence-corrected chi connectivity index (χ0v) is 10.9. The molecule has 1 heterocycles. The highest BCUT2D eigenvalue weighted by Crippen LogP contribution is 2.17. The summed E-state index contributed by atoms with van der Waals surface area (Å²) in [5.41, 5.74) is 0. The van der Waals surface area contributed by atoms with Crippen LogP contribution in [0.25, 0.3) is 0 Å². The Labute approximate surface area is 99.4 Å². The second kappa shape index (κ2) is 6.89. The smallest absolute Gasteiger partial charge is 0.220 e. The lowest BCUT2D eigenvalue weighted by molar-refractivity contribution is -0.122. The van der Waals surface area contributed by atoms with Crippen LogP contribution in [0.4, 0.5) is 0 Å². The van der Waals surface area contributed by atoms with Crippen LogP contribution in [0.5, 0.6) is 0 Å². The first kappa shape index (κ1) is 13.5. The van der Waals surface area contributed by atoms with Crippen molar-refractivity contribution in [1.82, 2.24) is 10.6 Å². The lowest BCUT2D eigenvalue weighted by Gasteiger charge is -2.29. The van der Waals surface area contributed by atoms with Gasteiger partial charge in [0.2, 0.25) is 5.91 Å². The van der Waals surface area contributed by atoms with Gasteiger partial charge in [0, 0.05) is 13.0 Å². The quantitative estimate of drug-likeness (QED) is 0.750. The van der Waals surface area contributed by atoms with Gasteiger partial charge in [0.1, 0.15) is 0 Å². The number of amides is 1. The van der Waals surface area contributed by atoms with Crippen LogP contribution in [0.15, 0.2) is 0 Å². The predicted octanol–water partition coefficient (Wildman–Crippen LogP) is 1.78. The third-order valence-electron chi connectivity index (χ3n) is 3.78. The van der Waals surface area contributed by atoms with Crippen molar-refractivity contribution in [1.29, 1.82) is 0 Å². The number of rotatable bonds is 5. The first-order valence-corrected chi connectivity index (χ1v) is 6.60. The van der Waals surface area contributed by atoms with E-state index < -0.39 is 0 Å². The Morgan fingerprint density at radius 3 is 2.94 bits per heavy atom. The minimum Gasteiger partial charge on any atom is -0.356 e. The zero-order chi connectivity index (χ0) is 12.0. The molecule has 1 amide bonds. The van der Waals surface area contributed by atoms with Gasteiger partial charge in [-0.1, -0.05) is 27.2 Å². The predicted molar refractivity (Wildman–Crippen MR) is 67.2 cm³/mol. The maximum absolute atomic E-state index is 11.6. The topological polar surface area (TPSA) is 41.1 Å². The van der Waals surface area contributed by atoms with E-state index in [2.05, 4.69) is 31.4 Å². The van der Waals surface area contributed by atoms with Gasteiger partial charge in [0.05, 0.1) is 0 Å². The molecule has 0 aromatic rings. The maximum atomic E-state index is 11.6. The average molecular weight is 226 g/mol. The van der Waals surface area contributed by atoms with E-state index in [-0.39, 0.29) is 5.91 Å². The van der Waals surface area contributed by atoms with E-state index in [9.17, 15) is 4.79 Å². The van der Waals surface area contributed by atoms with E-state index in [4.69, 9.17) is 0 Å². The molecule has 1 saturated heterocycles. The van der Waals surface area contributed by atoms with Crippen LogP contribution in [-0.4, -0.2) is 25.5 Å². The molecule has 0 spiro atoms. The molecule has 3 nitrogen and oxygen atoms in total. The van der Waals surface area contributed by atoms with Crippen LogP contribution >= 0.6 is 0 Å². The fourth-order valence-corrected chi connectivity index (χ4v) is 2.11. The molecule has 1 fully saturated rings. The Morgan fingerprint density at radius 2 is 2.31 bits per heavy atom. The van der Waals surface area contributed by atoms with Gasteiger partial charge in [-0.25, -0.2) is 0 Å². The van der Waals surface area contributed by atoms with Gasteiger partial charge in [-0.3, -0.25) is 4.79 Å². The molecule has 0 bridgehead atoms. The summed E-state index contributed by atoms with van der Waals surface area (Å²) in [6, 6.07) is 0. The van der Waals surface area contributed by atoms with Gasteiger partial charge in [-0.15, -0.1) is 0 Å². The Kier molecular flexibility index (Phi) is 5.81. The van der Waals surface area contributed by atoms with E-state index in [0.717, 1.165) is 32.0 Å². The zero-order valence-electron chi connectivity index (χ0n) is 10.9. The second-order valence-corrected chi connectivity index (χ2v) is 5.25. The largest absolute Gasteiger partial charge is 0.356 e. The molecule has 3 atom stereocenters. The van der Waals surface area contributed by atoms with Crippen molar-refractivity contribution < 1.29 is 4.79 Å². The molecule has 94 valence electrons. The minimum absolute atomic E-state index is 0.215. The van der Waals surface area contributed by atoms with Gasteiger partial charge in [0.25, 0.3) is 0 Å². The molecule has 2 N–H and O–H groups in total. The Hall–Kier alpha value is -0.570. The van der Waals surface area contributed by atoms with E-state index in [1.807, 2.05) is 0 Å². The van der Waals surface area contributed by atoms with E-state index in [1.165, 1.54) is 6.42 Å². The molecule has 0 aromatic carbocycles. The third-order valence-corrected chi connectivity index (χ3v) is 3.78. The number of carbonyl (C=O) groups excluding carboxylic acids is 1. The van der Waals surface area contributed by atoms with Crippen LogP contribution in [-0.2, 0) is 4.79 Å². The normalized spacial score (nSPS) is 27.4. The molecular weight excluding hydrogens is 200 g/mol. The lowest BCUT2D eigenvalue weighted by Crippen LogP contribution is -2.42. The highest BCUT2D eigenvalue weighted by atomic mass is 16.1. The van der Waals surface area contributed by atoms with E-state index in [1.54, 1.807) is 0 Å². The van der Waals surface area contributed by atoms with Crippen LogP contribution in [0.2, 0.25) is 0 Å². The summed E-state index contributed by atoms with van der Waals surface area (Å²) in [4.78, 5) is 11.6. The maximum Gasteiger partial charge on any atom is 0.220 e. The SMILES string of the molecule is CCC(C)CC(=O)NCC1CNCCC1C. The number of hydrogen-bond acceptors (Lipinski definition) is 2. The average Bonchev–Trinajstić information content (AvgIpc) is 2.28. The molecule has 0 aromatic heterocycles. The first-order chi connectivity index (χ1) is 7.63. The van der Waals surface area contributed by atoms with Crippen LogP contribution in [0, 0.1) is 17.8 Å². The van der Waals surface area contributed by atoms with Crippen molar-refractivity contribution in [2.75, 3.05) is 19.6 Å². The summed E-state index contributed by atoms with van der Waals surface area (Å²) >= 11 is 0. The Morgan fingerprint density at radius 1 is 1.56 bits per heavy atom. The van der Waals surface area contributed by atoms with E-state index in [0.29, 0.717) is 18.3 Å². The van der Waals surface area contributed by atoms with Crippen LogP contribution in [0.3, 0.4) is 0 Å². The minimum atomic E-state index is 0.215. The van der Waals surface area contributed by atoms with Crippen molar-refractivity contribution in [2.45, 2.75) is 40.0 Å². The molecule has 0 saturated carbocycles. The van der Waals surface area contributed by atoms with Crippen molar-refractivity contribution >= 4 is 5.91 Å². The highest BCUT2D eigenvalue weighted by Gasteiger charge is 2.21. The first-order valence-electron chi connectivity index (χ1n) is 6.60. The Bertz CT molecular complexity index is 218. The van der Waals surface area contributed by atoms with E-state index >= 15 is 0 Å². The Balaban J connectivity index is 2.20. The van der Waals surface area contributed by atoms with Crippen LogP contribution < -0.4 is 10.6 Å². The number of hydrogen-bond donors (Lipinski definition) is 2. The summed E-state index contributed by atoms with van der Waals surface area (Å²) in [5.74, 6) is 2.05. The number of piperidine rings is 1. The van der Waals surface area contributed by atoms with Crippen molar-refractivity contribution in [3.63, 3.8) is 0 Å². The summed E-state index contributed by atoms with van der Waals surface area (Å²) in [6.07, 6.45) is 2.98. The second-order valence-electron chi connectivity index (χ2n) is 5.25. The molecular formula is C13H26N2O. The summed E-state index contributed by atoms with van der Waals surface area (Å²) < 4.78 is 0. The summed E-state index contributed by atoms with van der Waals surface area (Å²) in [6.45, 7) is 9.55. The molecule has 3 heteroatoms. The molecule has 0 aliphatic carbocycles. The number of nitrogens with one attached hydrogen (secondary N) is 2. The third kappa shape index (κ3) is 4.52. The van der Waals surface area contributed by atoms with Crippen molar-refractivity contribution in [3.8, 4) is 0 Å². The molecule has 1 aliphatic heterocycles. The molecule has 1 aliphatic rings. The van der Waals surface area contributed by atoms with Crippen LogP contribution in [0.1, 0.15) is 40.0 Å². The lowest BCUT2D eigenvalue weighted by atomic mass is 9.88. The van der Waals surface area contributed by atoms with Crippen molar-refractivity contribution in [2.24, 2.45) is 17.8 Å². The highest BCUT2D eigenvalue weighted by molar-refractivity contribution is 5.76.